The smallest absolute Gasteiger partial charge is 0.140 e. The quantitative estimate of drug-likeness (QED) is 0.537. The Balaban J connectivity index is 1.60. The molecule has 0 bridgehead atoms. The Hall–Kier alpha value is -3.24. The molecule has 4 rings (SSSR count). The van der Waals surface area contributed by atoms with Crippen molar-refractivity contribution in [3.63, 3.8) is 0 Å². The summed E-state index contributed by atoms with van der Waals surface area (Å²) < 4.78 is 7.44. The van der Waals surface area contributed by atoms with Gasteiger partial charge in [-0.05, 0) is 29.8 Å². The fraction of sp³-hybridized carbons (Fsp3) is 0.130. The van der Waals surface area contributed by atoms with E-state index in [1.807, 2.05) is 59.3 Å². The van der Waals surface area contributed by atoms with Crippen molar-refractivity contribution >= 4 is 10.9 Å². The minimum Gasteiger partial charge on any atom is -0.492 e. The predicted octanol–water partition coefficient (Wildman–Crippen LogP) is 4.27. The maximum absolute atomic E-state index is 6.21. The molecule has 0 spiro atoms. The van der Waals surface area contributed by atoms with Crippen molar-refractivity contribution in [2.75, 3.05) is 13.2 Å². The minimum atomic E-state index is 0.468. The summed E-state index contributed by atoms with van der Waals surface area (Å²) in [6.07, 6.45) is 0. The zero-order chi connectivity index (χ0) is 18.5. The normalized spacial score (nSPS) is 10.9. The maximum atomic E-state index is 6.21. The molecule has 3 aromatic carbocycles. The Morgan fingerprint density at radius 3 is 2.33 bits per heavy atom. The Morgan fingerprint density at radius 1 is 0.815 bits per heavy atom. The molecular formula is C23H22N2O2. The van der Waals surface area contributed by atoms with Gasteiger partial charge in [0.1, 0.15) is 19.0 Å². The molecule has 136 valence electrons. The van der Waals surface area contributed by atoms with Gasteiger partial charge in [0, 0.05) is 17.5 Å². The Labute approximate surface area is 158 Å². The first-order chi connectivity index (χ1) is 13.3. The first-order valence-corrected chi connectivity index (χ1v) is 9.06. The van der Waals surface area contributed by atoms with E-state index >= 15 is 0 Å². The van der Waals surface area contributed by atoms with Crippen molar-refractivity contribution in [3.8, 4) is 17.0 Å². The summed E-state index contributed by atoms with van der Waals surface area (Å²) >= 11 is 0. The lowest BCUT2D eigenvalue weighted by atomic mass is 10.1. The summed E-state index contributed by atoms with van der Waals surface area (Å²) in [5.41, 5.74) is 9.76. The number of hydrogen-bond acceptors (Lipinski definition) is 3. The summed E-state index contributed by atoms with van der Waals surface area (Å²) in [5.74, 6) is 0.820. The number of ether oxygens (including phenoxy) is 1. The third-order valence-electron chi connectivity index (χ3n) is 4.41. The summed E-state index contributed by atoms with van der Waals surface area (Å²) in [6, 6.07) is 28.6. The second-order valence-electron chi connectivity index (χ2n) is 6.30. The van der Waals surface area contributed by atoms with Gasteiger partial charge in [-0.25, -0.2) is 0 Å². The molecule has 27 heavy (non-hydrogen) atoms. The lowest BCUT2D eigenvalue weighted by molar-refractivity contribution is 0.111. The van der Waals surface area contributed by atoms with Gasteiger partial charge in [-0.1, -0.05) is 60.7 Å². The van der Waals surface area contributed by atoms with Gasteiger partial charge < -0.3 is 15.3 Å². The number of para-hydroxylation sites is 1. The molecule has 4 aromatic rings. The van der Waals surface area contributed by atoms with E-state index in [-0.39, 0.29) is 0 Å². The van der Waals surface area contributed by atoms with Crippen LogP contribution in [0.3, 0.4) is 0 Å². The van der Waals surface area contributed by atoms with E-state index in [9.17, 15) is 0 Å². The van der Waals surface area contributed by atoms with Gasteiger partial charge in [-0.2, -0.15) is 4.73 Å². The van der Waals surface area contributed by atoms with Gasteiger partial charge in [-0.3, -0.25) is 0 Å². The molecule has 0 aliphatic heterocycles. The Morgan fingerprint density at radius 2 is 1.56 bits per heavy atom. The molecule has 1 aromatic heterocycles. The molecule has 0 unspecified atom stereocenters. The monoisotopic (exact) mass is 358 g/mol. The van der Waals surface area contributed by atoms with Gasteiger partial charge >= 0.3 is 0 Å². The molecular weight excluding hydrogens is 336 g/mol. The van der Waals surface area contributed by atoms with Crippen LogP contribution in [0.5, 0.6) is 5.75 Å². The summed E-state index contributed by atoms with van der Waals surface area (Å²) in [7, 11) is 0. The van der Waals surface area contributed by atoms with Crippen LogP contribution in [0.25, 0.3) is 22.2 Å². The zero-order valence-corrected chi connectivity index (χ0v) is 15.0. The van der Waals surface area contributed by atoms with Crippen LogP contribution in [0, 0.1) is 0 Å². The van der Waals surface area contributed by atoms with E-state index in [4.69, 9.17) is 15.3 Å². The first kappa shape index (κ1) is 17.2. The van der Waals surface area contributed by atoms with E-state index in [0.29, 0.717) is 19.8 Å². The average Bonchev–Trinajstić information content (AvgIpc) is 3.11. The van der Waals surface area contributed by atoms with Gasteiger partial charge in [0.05, 0.1) is 11.2 Å². The fourth-order valence-corrected chi connectivity index (χ4v) is 3.08. The van der Waals surface area contributed by atoms with Crippen molar-refractivity contribution in [2.24, 2.45) is 5.73 Å². The number of aromatic nitrogens is 1. The molecule has 1 heterocycles. The van der Waals surface area contributed by atoms with Crippen LogP contribution in [0.4, 0.5) is 0 Å². The van der Waals surface area contributed by atoms with E-state index in [2.05, 4.69) is 30.3 Å². The van der Waals surface area contributed by atoms with E-state index in [1.165, 1.54) is 0 Å². The van der Waals surface area contributed by atoms with E-state index in [0.717, 1.165) is 33.5 Å². The molecule has 4 heteroatoms. The summed E-state index contributed by atoms with van der Waals surface area (Å²) in [5, 5.41) is 1.15. The third kappa shape index (κ3) is 3.81. The van der Waals surface area contributed by atoms with Crippen LogP contribution >= 0.6 is 0 Å². The molecule has 4 nitrogen and oxygen atoms in total. The van der Waals surface area contributed by atoms with E-state index < -0.39 is 0 Å². The Bertz CT molecular complexity index is 1010. The molecule has 0 fully saturated rings. The van der Waals surface area contributed by atoms with Crippen molar-refractivity contribution in [1.82, 2.24) is 4.73 Å². The number of hydrogen-bond donors (Lipinski definition) is 1. The molecule has 0 aliphatic rings. The highest BCUT2D eigenvalue weighted by atomic mass is 16.7. The topological polar surface area (TPSA) is 49.4 Å². The van der Waals surface area contributed by atoms with Crippen LogP contribution in [-0.4, -0.2) is 17.9 Å². The average molecular weight is 358 g/mol. The second-order valence-corrected chi connectivity index (χ2v) is 6.30. The van der Waals surface area contributed by atoms with Crippen molar-refractivity contribution in [3.05, 3.63) is 90.5 Å². The van der Waals surface area contributed by atoms with Crippen molar-refractivity contribution in [2.45, 2.75) is 6.61 Å². The van der Waals surface area contributed by atoms with Crippen molar-refractivity contribution in [1.29, 1.82) is 0 Å². The van der Waals surface area contributed by atoms with Crippen LogP contribution in [0.2, 0.25) is 0 Å². The molecule has 0 aliphatic carbocycles. The molecule has 0 radical (unpaired) electrons. The highest BCUT2D eigenvalue weighted by Gasteiger charge is 2.11. The predicted molar refractivity (Wildman–Crippen MR) is 109 cm³/mol. The highest BCUT2D eigenvalue weighted by molar-refractivity contribution is 5.86. The SMILES string of the molecule is NCCOc1ccc(COn2c(-c3ccccc3)cc3ccccc32)cc1. The number of nitrogens with zero attached hydrogens (tertiary/aromatic N) is 1. The standard InChI is InChI=1S/C23H22N2O2/c24-14-15-26-21-12-10-18(11-13-21)17-27-25-22-9-5-4-8-20(22)16-23(25)19-6-2-1-3-7-19/h1-13,16H,14-15,17,24H2. The van der Waals surface area contributed by atoms with Crippen LogP contribution in [-0.2, 0) is 6.61 Å². The Kier molecular flexibility index (Phi) is 5.08. The van der Waals surface area contributed by atoms with Gasteiger partial charge in [0.25, 0.3) is 0 Å². The number of benzene rings is 3. The number of fused-ring (bicyclic) bond motifs is 1. The fourth-order valence-electron chi connectivity index (χ4n) is 3.08. The first-order valence-electron chi connectivity index (χ1n) is 9.06. The minimum absolute atomic E-state index is 0.468. The van der Waals surface area contributed by atoms with Gasteiger partial charge in [0.2, 0.25) is 0 Å². The van der Waals surface area contributed by atoms with Crippen LogP contribution in [0.15, 0.2) is 84.9 Å². The third-order valence-corrected chi connectivity index (χ3v) is 4.41. The van der Waals surface area contributed by atoms with Crippen LogP contribution in [0.1, 0.15) is 5.56 Å². The molecule has 0 amide bonds. The zero-order valence-electron chi connectivity index (χ0n) is 15.0. The number of nitrogens with two attached hydrogens (primary N) is 1. The van der Waals surface area contributed by atoms with Crippen molar-refractivity contribution < 1.29 is 9.57 Å². The second kappa shape index (κ2) is 7.98. The molecule has 0 atom stereocenters. The largest absolute Gasteiger partial charge is 0.492 e. The lowest BCUT2D eigenvalue weighted by Crippen LogP contribution is -2.12. The lowest BCUT2D eigenvalue weighted by Gasteiger charge is -2.13. The highest BCUT2D eigenvalue weighted by Crippen LogP contribution is 2.27. The summed E-state index contributed by atoms with van der Waals surface area (Å²) in [6.45, 7) is 1.50. The van der Waals surface area contributed by atoms with Gasteiger partial charge in [-0.15, -0.1) is 0 Å². The molecule has 2 N–H and O–H groups in total. The molecule has 0 saturated heterocycles. The van der Waals surface area contributed by atoms with Crippen LogP contribution < -0.4 is 15.3 Å². The van der Waals surface area contributed by atoms with Gasteiger partial charge in [0.15, 0.2) is 0 Å². The van der Waals surface area contributed by atoms with E-state index in [1.54, 1.807) is 0 Å². The summed E-state index contributed by atoms with van der Waals surface area (Å²) in [4.78, 5) is 6.21. The molecule has 0 saturated carbocycles. The number of rotatable bonds is 7. The maximum Gasteiger partial charge on any atom is 0.140 e.